The maximum atomic E-state index is 12.5. The van der Waals surface area contributed by atoms with Crippen molar-refractivity contribution in [3.8, 4) is 0 Å². The summed E-state index contributed by atoms with van der Waals surface area (Å²) in [6.45, 7) is 12.7. The molecule has 1 atom stereocenters. The van der Waals surface area contributed by atoms with Crippen LogP contribution in [0.3, 0.4) is 0 Å². The minimum atomic E-state index is -0.399. The predicted octanol–water partition coefficient (Wildman–Crippen LogP) is 3.10. The van der Waals surface area contributed by atoms with Crippen molar-refractivity contribution in [1.29, 1.82) is 0 Å². The van der Waals surface area contributed by atoms with E-state index in [0.29, 0.717) is 17.9 Å². The molecule has 1 unspecified atom stereocenters. The van der Waals surface area contributed by atoms with E-state index in [0.717, 1.165) is 11.9 Å². The average molecular weight is 356 g/mol. The van der Waals surface area contributed by atoms with Gasteiger partial charge in [-0.3, -0.25) is 9.79 Å². The second kappa shape index (κ2) is 8.65. The van der Waals surface area contributed by atoms with E-state index >= 15 is 0 Å². The van der Waals surface area contributed by atoms with E-state index in [-0.39, 0.29) is 17.6 Å². The fourth-order valence-corrected chi connectivity index (χ4v) is 2.50. The summed E-state index contributed by atoms with van der Waals surface area (Å²) in [5.41, 5.74) is 2.32. The predicted molar refractivity (Wildman–Crippen MR) is 107 cm³/mol. The van der Waals surface area contributed by atoms with E-state index in [9.17, 15) is 4.79 Å². The lowest BCUT2D eigenvalue weighted by molar-refractivity contribution is 0.0842. The van der Waals surface area contributed by atoms with E-state index < -0.39 is 7.12 Å². The van der Waals surface area contributed by atoms with E-state index in [1.165, 1.54) is 5.57 Å². The largest absolute Gasteiger partial charge is 0.494 e. The van der Waals surface area contributed by atoms with Gasteiger partial charge in [0.15, 0.2) is 0 Å². The Kier molecular flexibility index (Phi) is 6.78. The van der Waals surface area contributed by atoms with E-state index in [4.69, 9.17) is 9.31 Å². The van der Waals surface area contributed by atoms with Crippen LogP contribution in [0.4, 0.5) is 0 Å². The monoisotopic (exact) mass is 356 g/mol. The van der Waals surface area contributed by atoms with Crippen molar-refractivity contribution in [2.24, 2.45) is 4.99 Å². The summed E-state index contributed by atoms with van der Waals surface area (Å²) >= 11 is 0. The SMILES string of the molecule is CCN=C(C=C(C)CC)NC(=O)c1ccc(B2OC(C)C(C)(C)O2)cc1. The second-order valence-electron chi connectivity index (χ2n) is 7.11. The number of carbonyl (C=O) groups is 1. The van der Waals surface area contributed by atoms with Crippen LogP contribution in [0.5, 0.6) is 0 Å². The van der Waals surface area contributed by atoms with Gasteiger partial charge in [-0.1, -0.05) is 24.6 Å². The Bertz CT molecular complexity index is 696. The molecule has 0 radical (unpaired) electrons. The molecular formula is C20H29BN2O3. The number of benzene rings is 1. The van der Waals surface area contributed by atoms with Crippen LogP contribution < -0.4 is 10.8 Å². The highest BCUT2D eigenvalue weighted by molar-refractivity contribution is 6.62. The number of hydrogen-bond acceptors (Lipinski definition) is 4. The lowest BCUT2D eigenvalue weighted by Gasteiger charge is -2.21. The molecule has 1 fully saturated rings. The maximum absolute atomic E-state index is 12.5. The van der Waals surface area contributed by atoms with Gasteiger partial charge < -0.3 is 14.6 Å². The molecule has 1 aromatic rings. The Hall–Kier alpha value is -1.92. The lowest BCUT2D eigenvalue weighted by Crippen LogP contribution is -2.35. The number of amidine groups is 1. The van der Waals surface area contributed by atoms with Gasteiger partial charge in [0.2, 0.25) is 0 Å². The zero-order valence-electron chi connectivity index (χ0n) is 16.6. The van der Waals surface area contributed by atoms with Crippen molar-refractivity contribution in [2.45, 2.75) is 59.7 Å². The Morgan fingerprint density at radius 1 is 1.31 bits per heavy atom. The molecule has 0 saturated carbocycles. The number of nitrogens with one attached hydrogen (secondary N) is 1. The molecule has 1 amide bonds. The van der Waals surface area contributed by atoms with Crippen molar-refractivity contribution in [3.63, 3.8) is 0 Å². The summed E-state index contributed by atoms with van der Waals surface area (Å²) < 4.78 is 11.8. The van der Waals surface area contributed by atoms with Gasteiger partial charge in [0, 0.05) is 12.1 Å². The second-order valence-corrected chi connectivity index (χ2v) is 7.11. The highest BCUT2D eigenvalue weighted by atomic mass is 16.7. The summed E-state index contributed by atoms with van der Waals surface area (Å²) in [6, 6.07) is 7.32. The number of amides is 1. The summed E-state index contributed by atoms with van der Waals surface area (Å²) in [7, 11) is -0.399. The summed E-state index contributed by atoms with van der Waals surface area (Å²) in [4.78, 5) is 16.9. The fourth-order valence-electron chi connectivity index (χ4n) is 2.50. The number of nitrogens with zero attached hydrogens (tertiary/aromatic N) is 1. The first kappa shape index (κ1) is 20.4. The van der Waals surface area contributed by atoms with E-state index in [2.05, 4.69) is 17.2 Å². The number of rotatable bonds is 5. The minimum Gasteiger partial charge on any atom is -0.402 e. The quantitative estimate of drug-likeness (QED) is 0.501. The van der Waals surface area contributed by atoms with E-state index in [1.54, 1.807) is 12.1 Å². The lowest BCUT2D eigenvalue weighted by atomic mass is 9.79. The minimum absolute atomic E-state index is 0.0110. The number of allylic oxidation sites excluding steroid dienone is 1. The normalized spacial score (nSPS) is 20.4. The summed E-state index contributed by atoms with van der Waals surface area (Å²) in [5.74, 6) is 0.421. The molecule has 1 aliphatic heterocycles. The smallest absolute Gasteiger partial charge is 0.402 e. The van der Waals surface area contributed by atoms with Gasteiger partial charge in [0.1, 0.15) is 5.84 Å². The Balaban J connectivity index is 2.08. The molecule has 0 aliphatic carbocycles. The van der Waals surface area contributed by atoms with Gasteiger partial charge in [-0.25, -0.2) is 0 Å². The zero-order valence-corrected chi connectivity index (χ0v) is 16.6. The molecule has 1 saturated heterocycles. The molecule has 1 N–H and O–H groups in total. The first-order valence-electron chi connectivity index (χ1n) is 9.23. The van der Waals surface area contributed by atoms with Gasteiger partial charge in [-0.05, 0) is 64.7 Å². The Labute approximate surface area is 157 Å². The van der Waals surface area contributed by atoms with Crippen molar-refractivity contribution < 1.29 is 14.1 Å². The molecular weight excluding hydrogens is 327 g/mol. The summed E-state index contributed by atoms with van der Waals surface area (Å²) in [6.07, 6.45) is 2.85. The van der Waals surface area contributed by atoms with E-state index in [1.807, 2.05) is 52.8 Å². The number of aliphatic imine (C=N–C) groups is 1. The number of hydrogen-bond donors (Lipinski definition) is 1. The van der Waals surface area contributed by atoms with Crippen LogP contribution in [0.25, 0.3) is 0 Å². The fraction of sp³-hybridized carbons (Fsp3) is 0.500. The molecule has 26 heavy (non-hydrogen) atoms. The van der Waals surface area contributed by atoms with Crippen molar-refractivity contribution in [2.75, 3.05) is 6.54 Å². The molecule has 6 heteroatoms. The van der Waals surface area contributed by atoms with Crippen LogP contribution in [0.1, 0.15) is 58.3 Å². The summed E-state index contributed by atoms with van der Waals surface area (Å²) in [5, 5.41) is 2.88. The Morgan fingerprint density at radius 3 is 2.46 bits per heavy atom. The topological polar surface area (TPSA) is 59.9 Å². The molecule has 1 aliphatic rings. The van der Waals surface area contributed by atoms with Crippen LogP contribution >= 0.6 is 0 Å². The van der Waals surface area contributed by atoms with Crippen LogP contribution in [-0.2, 0) is 9.31 Å². The molecule has 5 nitrogen and oxygen atoms in total. The number of carbonyl (C=O) groups excluding carboxylic acids is 1. The van der Waals surface area contributed by atoms with Crippen LogP contribution in [-0.4, -0.2) is 37.1 Å². The molecule has 0 bridgehead atoms. The van der Waals surface area contributed by atoms with Crippen molar-refractivity contribution in [1.82, 2.24) is 5.32 Å². The maximum Gasteiger partial charge on any atom is 0.494 e. The third kappa shape index (κ3) is 5.05. The average Bonchev–Trinajstić information content (AvgIpc) is 2.88. The van der Waals surface area contributed by atoms with Gasteiger partial charge in [-0.15, -0.1) is 0 Å². The highest BCUT2D eigenvalue weighted by Crippen LogP contribution is 2.26. The first-order valence-corrected chi connectivity index (χ1v) is 9.23. The standard InChI is InChI=1S/C20H29BN2O3/c1-7-14(3)13-18(22-8-2)23-19(24)16-9-11-17(12-10-16)21-25-15(4)20(5,6)26-21/h9-13,15H,7-8H2,1-6H3,(H,22,23,24). The van der Waals surface area contributed by atoms with Gasteiger partial charge in [-0.2, -0.15) is 0 Å². The molecule has 1 aromatic carbocycles. The van der Waals surface area contributed by atoms with Crippen LogP contribution in [0.2, 0.25) is 0 Å². The van der Waals surface area contributed by atoms with Crippen molar-refractivity contribution >= 4 is 24.3 Å². The van der Waals surface area contributed by atoms with Crippen molar-refractivity contribution in [3.05, 3.63) is 41.5 Å². The van der Waals surface area contributed by atoms with Crippen LogP contribution in [0, 0.1) is 0 Å². The third-order valence-corrected chi connectivity index (χ3v) is 4.67. The van der Waals surface area contributed by atoms with Gasteiger partial charge in [0.25, 0.3) is 5.91 Å². The molecule has 0 spiro atoms. The molecule has 1 heterocycles. The third-order valence-electron chi connectivity index (χ3n) is 4.67. The van der Waals surface area contributed by atoms with Gasteiger partial charge in [0.05, 0.1) is 11.7 Å². The molecule has 2 rings (SSSR count). The van der Waals surface area contributed by atoms with Crippen LogP contribution in [0.15, 0.2) is 40.9 Å². The Morgan fingerprint density at radius 2 is 1.96 bits per heavy atom. The zero-order chi connectivity index (χ0) is 19.3. The highest BCUT2D eigenvalue weighted by Gasteiger charge is 2.43. The first-order chi connectivity index (χ1) is 12.3. The molecule has 0 aromatic heterocycles. The molecule has 140 valence electrons. The van der Waals surface area contributed by atoms with Gasteiger partial charge >= 0.3 is 7.12 Å².